The van der Waals surface area contributed by atoms with Gasteiger partial charge in [-0.1, -0.05) is 17.7 Å². The Balaban J connectivity index is 2.06. The van der Waals surface area contributed by atoms with E-state index in [1.165, 1.54) is 18.6 Å². The van der Waals surface area contributed by atoms with Gasteiger partial charge in [-0.15, -0.1) is 0 Å². The van der Waals surface area contributed by atoms with Crippen LogP contribution in [-0.2, 0) is 6.61 Å². The fourth-order valence-corrected chi connectivity index (χ4v) is 3.10. The Bertz CT molecular complexity index is 353. The summed E-state index contributed by atoms with van der Waals surface area (Å²) in [4.78, 5) is 0. The lowest BCUT2D eigenvalue weighted by molar-refractivity contribution is 0.282. The minimum Gasteiger partial charge on any atom is -0.392 e. The number of halogens is 1. The fraction of sp³-hybridized carbons (Fsp3) is 0.500. The van der Waals surface area contributed by atoms with E-state index in [2.05, 4.69) is 5.32 Å². The predicted octanol–water partition coefficient (Wildman–Crippen LogP) is 3.14. The van der Waals surface area contributed by atoms with Crippen molar-refractivity contribution in [2.24, 2.45) is 0 Å². The molecule has 2 rings (SSSR count). The van der Waals surface area contributed by atoms with Gasteiger partial charge in [0.2, 0.25) is 0 Å². The van der Waals surface area contributed by atoms with Crippen molar-refractivity contribution in [1.29, 1.82) is 0 Å². The molecule has 4 heteroatoms. The Labute approximate surface area is 105 Å². The van der Waals surface area contributed by atoms with Gasteiger partial charge in [-0.05, 0) is 36.3 Å². The molecule has 0 bridgehead atoms. The van der Waals surface area contributed by atoms with E-state index in [-0.39, 0.29) is 6.61 Å². The molecular weight excluding hydrogens is 242 g/mol. The van der Waals surface area contributed by atoms with E-state index in [0.717, 1.165) is 22.0 Å². The number of rotatable bonds is 3. The van der Waals surface area contributed by atoms with E-state index in [4.69, 9.17) is 16.7 Å². The fourth-order valence-electron chi connectivity index (χ4n) is 1.86. The standard InChI is InChI=1S/C12H16ClNOS/c13-11-4-3-9(7-15)6-12(11)14-10-2-1-5-16-8-10/h3-4,6,10,14-15H,1-2,5,7-8H2. The molecule has 2 N–H and O–H groups in total. The summed E-state index contributed by atoms with van der Waals surface area (Å²) < 4.78 is 0. The van der Waals surface area contributed by atoms with Crippen molar-refractivity contribution in [2.45, 2.75) is 25.5 Å². The maximum Gasteiger partial charge on any atom is 0.0682 e. The van der Waals surface area contributed by atoms with Crippen molar-refractivity contribution in [2.75, 3.05) is 16.8 Å². The maximum absolute atomic E-state index is 9.08. The topological polar surface area (TPSA) is 32.3 Å². The van der Waals surface area contributed by atoms with Crippen molar-refractivity contribution in [3.8, 4) is 0 Å². The van der Waals surface area contributed by atoms with Crippen LogP contribution in [0.4, 0.5) is 5.69 Å². The van der Waals surface area contributed by atoms with E-state index in [1.807, 2.05) is 30.0 Å². The van der Waals surface area contributed by atoms with Crippen LogP contribution in [0.3, 0.4) is 0 Å². The lowest BCUT2D eigenvalue weighted by Crippen LogP contribution is -2.25. The zero-order valence-corrected chi connectivity index (χ0v) is 10.7. The van der Waals surface area contributed by atoms with Crippen molar-refractivity contribution in [3.05, 3.63) is 28.8 Å². The van der Waals surface area contributed by atoms with E-state index in [1.54, 1.807) is 0 Å². The van der Waals surface area contributed by atoms with Crippen molar-refractivity contribution >= 4 is 29.1 Å². The van der Waals surface area contributed by atoms with Gasteiger partial charge in [-0.2, -0.15) is 11.8 Å². The van der Waals surface area contributed by atoms with Crippen LogP contribution >= 0.6 is 23.4 Å². The second-order valence-electron chi connectivity index (χ2n) is 4.03. The van der Waals surface area contributed by atoms with Gasteiger partial charge in [0.1, 0.15) is 0 Å². The van der Waals surface area contributed by atoms with Crippen LogP contribution in [0.5, 0.6) is 0 Å². The van der Waals surface area contributed by atoms with E-state index >= 15 is 0 Å². The van der Waals surface area contributed by atoms with Gasteiger partial charge in [0.05, 0.1) is 17.3 Å². The van der Waals surface area contributed by atoms with Gasteiger partial charge in [0.25, 0.3) is 0 Å². The first kappa shape index (κ1) is 12.1. The lowest BCUT2D eigenvalue weighted by atomic mass is 10.1. The first-order valence-electron chi connectivity index (χ1n) is 5.53. The predicted molar refractivity (Wildman–Crippen MR) is 71.3 cm³/mol. The van der Waals surface area contributed by atoms with Crippen LogP contribution in [-0.4, -0.2) is 22.7 Å². The molecule has 1 unspecified atom stereocenters. The molecule has 1 aliphatic heterocycles. The van der Waals surface area contributed by atoms with Crippen LogP contribution in [0, 0.1) is 0 Å². The molecule has 0 aromatic heterocycles. The second kappa shape index (κ2) is 5.80. The van der Waals surface area contributed by atoms with Gasteiger partial charge < -0.3 is 10.4 Å². The monoisotopic (exact) mass is 257 g/mol. The molecule has 0 radical (unpaired) electrons. The van der Waals surface area contributed by atoms with Crippen LogP contribution in [0.1, 0.15) is 18.4 Å². The molecule has 1 aliphatic rings. The number of anilines is 1. The number of nitrogens with one attached hydrogen (secondary N) is 1. The average Bonchev–Trinajstić information content (AvgIpc) is 2.33. The highest BCUT2D eigenvalue weighted by Crippen LogP contribution is 2.27. The van der Waals surface area contributed by atoms with E-state index in [9.17, 15) is 0 Å². The number of hydrogen-bond donors (Lipinski definition) is 2. The van der Waals surface area contributed by atoms with Gasteiger partial charge in [0, 0.05) is 11.8 Å². The molecule has 1 saturated heterocycles. The highest BCUT2D eigenvalue weighted by molar-refractivity contribution is 7.99. The molecule has 0 amide bonds. The second-order valence-corrected chi connectivity index (χ2v) is 5.59. The van der Waals surface area contributed by atoms with Crippen LogP contribution < -0.4 is 5.32 Å². The minimum absolute atomic E-state index is 0.0608. The normalized spacial score (nSPS) is 20.8. The van der Waals surface area contributed by atoms with Crippen molar-refractivity contribution in [1.82, 2.24) is 0 Å². The smallest absolute Gasteiger partial charge is 0.0682 e. The van der Waals surface area contributed by atoms with Crippen LogP contribution in [0.25, 0.3) is 0 Å². The highest BCUT2D eigenvalue weighted by Gasteiger charge is 2.14. The zero-order chi connectivity index (χ0) is 11.4. The summed E-state index contributed by atoms with van der Waals surface area (Å²) in [5.74, 6) is 2.41. The molecule has 1 fully saturated rings. The molecule has 2 nitrogen and oxygen atoms in total. The number of thioether (sulfide) groups is 1. The molecule has 1 aromatic rings. The Morgan fingerprint density at radius 3 is 3.06 bits per heavy atom. The summed E-state index contributed by atoms with van der Waals surface area (Å²) in [6.07, 6.45) is 2.46. The Hall–Kier alpha value is -0.380. The molecule has 1 atom stereocenters. The zero-order valence-electron chi connectivity index (χ0n) is 9.08. The number of benzene rings is 1. The van der Waals surface area contributed by atoms with Gasteiger partial charge >= 0.3 is 0 Å². The van der Waals surface area contributed by atoms with E-state index < -0.39 is 0 Å². The third-order valence-corrected chi connectivity index (χ3v) is 4.28. The van der Waals surface area contributed by atoms with Gasteiger partial charge in [0.15, 0.2) is 0 Å². The molecule has 0 aliphatic carbocycles. The summed E-state index contributed by atoms with van der Waals surface area (Å²) in [5, 5.41) is 13.3. The van der Waals surface area contributed by atoms with Crippen molar-refractivity contribution in [3.63, 3.8) is 0 Å². The lowest BCUT2D eigenvalue weighted by Gasteiger charge is -2.24. The average molecular weight is 258 g/mol. The molecule has 1 aromatic carbocycles. The summed E-state index contributed by atoms with van der Waals surface area (Å²) in [6, 6.07) is 6.13. The quantitative estimate of drug-likeness (QED) is 0.873. The summed E-state index contributed by atoms with van der Waals surface area (Å²) in [5.41, 5.74) is 1.84. The summed E-state index contributed by atoms with van der Waals surface area (Å²) in [6.45, 7) is 0.0608. The molecule has 1 heterocycles. The molecule has 0 spiro atoms. The largest absolute Gasteiger partial charge is 0.392 e. The first-order valence-corrected chi connectivity index (χ1v) is 7.06. The van der Waals surface area contributed by atoms with Crippen LogP contribution in [0.15, 0.2) is 18.2 Å². The Morgan fingerprint density at radius 2 is 2.38 bits per heavy atom. The molecule has 0 saturated carbocycles. The number of aliphatic hydroxyl groups excluding tert-OH is 1. The third-order valence-electron chi connectivity index (χ3n) is 2.73. The Kier molecular flexibility index (Phi) is 4.38. The maximum atomic E-state index is 9.08. The SMILES string of the molecule is OCc1ccc(Cl)c(NC2CCCSC2)c1. The van der Waals surface area contributed by atoms with Crippen LogP contribution in [0.2, 0.25) is 5.02 Å². The third kappa shape index (κ3) is 3.06. The highest BCUT2D eigenvalue weighted by atomic mass is 35.5. The van der Waals surface area contributed by atoms with E-state index in [0.29, 0.717) is 6.04 Å². The van der Waals surface area contributed by atoms with Crippen molar-refractivity contribution < 1.29 is 5.11 Å². The number of hydrogen-bond acceptors (Lipinski definition) is 3. The first-order chi connectivity index (χ1) is 7.79. The molecule has 16 heavy (non-hydrogen) atoms. The van der Waals surface area contributed by atoms with Gasteiger partial charge in [-0.25, -0.2) is 0 Å². The number of aliphatic hydroxyl groups is 1. The minimum atomic E-state index is 0.0608. The summed E-state index contributed by atoms with van der Waals surface area (Å²) in [7, 11) is 0. The Morgan fingerprint density at radius 1 is 1.50 bits per heavy atom. The summed E-state index contributed by atoms with van der Waals surface area (Å²) >= 11 is 8.10. The van der Waals surface area contributed by atoms with Gasteiger partial charge in [-0.3, -0.25) is 0 Å². The molecular formula is C12H16ClNOS. The molecule has 88 valence electrons.